The maximum Gasteiger partial charge on any atom is 0.230 e. The van der Waals surface area contributed by atoms with Gasteiger partial charge in [0.15, 0.2) is 0 Å². The summed E-state index contributed by atoms with van der Waals surface area (Å²) in [6, 6.07) is 8.74. The number of hydrogen-bond donors (Lipinski definition) is 1. The van der Waals surface area contributed by atoms with Gasteiger partial charge in [0.05, 0.1) is 5.75 Å². The van der Waals surface area contributed by atoms with Crippen LogP contribution in [0.1, 0.15) is 31.2 Å². The van der Waals surface area contributed by atoms with Crippen molar-refractivity contribution in [3.8, 4) is 0 Å². The molecule has 1 aromatic carbocycles. The maximum atomic E-state index is 12.0. The van der Waals surface area contributed by atoms with Crippen molar-refractivity contribution in [2.45, 2.75) is 37.5 Å². The van der Waals surface area contributed by atoms with Crippen LogP contribution in [0.2, 0.25) is 0 Å². The summed E-state index contributed by atoms with van der Waals surface area (Å²) in [5.41, 5.74) is 1.26. The van der Waals surface area contributed by atoms with Crippen LogP contribution < -0.4 is 5.32 Å². The Morgan fingerprint density at radius 2 is 2.25 bits per heavy atom. The van der Waals surface area contributed by atoms with Gasteiger partial charge < -0.3 is 5.32 Å². The summed E-state index contributed by atoms with van der Waals surface area (Å²) < 4.78 is 1.10. The number of hydrogen-bond acceptors (Lipinski definition) is 2. The minimum atomic E-state index is 0.211. The first-order chi connectivity index (χ1) is 9.70. The Hall–Kier alpha value is -0.480. The smallest absolute Gasteiger partial charge is 0.230 e. The average molecular weight is 354 g/mol. The molecule has 2 fully saturated rings. The summed E-state index contributed by atoms with van der Waals surface area (Å²) >= 11 is 5.17. The zero-order valence-corrected chi connectivity index (χ0v) is 13.9. The van der Waals surface area contributed by atoms with Crippen LogP contribution in [0.15, 0.2) is 28.7 Å². The molecule has 3 rings (SSSR count). The Morgan fingerprint density at radius 1 is 1.35 bits per heavy atom. The quantitative estimate of drug-likeness (QED) is 0.866. The molecule has 1 aromatic rings. The van der Waals surface area contributed by atoms with E-state index in [0.717, 1.165) is 22.1 Å². The van der Waals surface area contributed by atoms with E-state index in [9.17, 15) is 4.79 Å². The van der Waals surface area contributed by atoms with E-state index in [-0.39, 0.29) is 5.91 Å². The van der Waals surface area contributed by atoms with E-state index in [4.69, 9.17) is 0 Å². The molecule has 2 bridgehead atoms. The van der Waals surface area contributed by atoms with Gasteiger partial charge in [-0.15, -0.1) is 11.8 Å². The molecule has 4 heteroatoms. The minimum absolute atomic E-state index is 0.211. The highest BCUT2D eigenvalue weighted by molar-refractivity contribution is 9.10. The van der Waals surface area contributed by atoms with Gasteiger partial charge in [-0.1, -0.05) is 34.5 Å². The molecule has 2 saturated carbocycles. The third kappa shape index (κ3) is 3.59. The molecule has 0 saturated heterocycles. The molecule has 1 amide bonds. The van der Waals surface area contributed by atoms with E-state index in [1.165, 1.54) is 31.2 Å². The SMILES string of the molecule is O=C(CSCc1cccc(Br)c1)N[C@@H]1C[C@H]2CC[C@H]1C2. The Bertz CT molecular complexity index is 493. The zero-order chi connectivity index (χ0) is 13.9. The minimum Gasteiger partial charge on any atom is -0.352 e. The van der Waals surface area contributed by atoms with Gasteiger partial charge in [0.2, 0.25) is 5.91 Å². The molecule has 0 radical (unpaired) electrons. The molecule has 0 aromatic heterocycles. The van der Waals surface area contributed by atoms with E-state index < -0.39 is 0 Å². The summed E-state index contributed by atoms with van der Waals surface area (Å²) in [5, 5.41) is 3.24. The first-order valence-electron chi connectivity index (χ1n) is 7.32. The van der Waals surface area contributed by atoms with Crippen LogP contribution in [-0.2, 0) is 10.5 Å². The lowest BCUT2D eigenvalue weighted by Gasteiger charge is -2.22. The van der Waals surface area contributed by atoms with Crippen molar-refractivity contribution in [3.63, 3.8) is 0 Å². The summed E-state index contributed by atoms with van der Waals surface area (Å²) in [7, 11) is 0. The van der Waals surface area contributed by atoms with Gasteiger partial charge in [0.25, 0.3) is 0 Å². The number of fused-ring (bicyclic) bond motifs is 2. The van der Waals surface area contributed by atoms with E-state index in [2.05, 4.69) is 33.4 Å². The average Bonchev–Trinajstić information content (AvgIpc) is 3.01. The van der Waals surface area contributed by atoms with Gasteiger partial charge in [0.1, 0.15) is 0 Å². The van der Waals surface area contributed by atoms with Crippen LogP contribution in [0.25, 0.3) is 0 Å². The predicted octanol–water partition coefficient (Wildman–Crippen LogP) is 3.99. The summed E-state index contributed by atoms with van der Waals surface area (Å²) in [5.74, 6) is 3.32. The molecule has 20 heavy (non-hydrogen) atoms. The summed E-state index contributed by atoms with van der Waals surface area (Å²) in [4.78, 5) is 12.0. The number of benzene rings is 1. The molecule has 0 heterocycles. The highest BCUT2D eigenvalue weighted by Crippen LogP contribution is 2.44. The van der Waals surface area contributed by atoms with E-state index in [0.29, 0.717) is 11.8 Å². The molecule has 0 spiro atoms. The third-order valence-electron chi connectivity index (χ3n) is 4.48. The number of amides is 1. The molecule has 0 aliphatic heterocycles. The van der Waals surface area contributed by atoms with Crippen molar-refractivity contribution >= 4 is 33.6 Å². The van der Waals surface area contributed by atoms with Crippen molar-refractivity contribution in [2.75, 3.05) is 5.75 Å². The third-order valence-corrected chi connectivity index (χ3v) is 5.97. The topological polar surface area (TPSA) is 29.1 Å². The second-order valence-corrected chi connectivity index (χ2v) is 7.87. The largest absolute Gasteiger partial charge is 0.352 e. The highest BCUT2D eigenvalue weighted by Gasteiger charge is 2.39. The van der Waals surface area contributed by atoms with Crippen molar-refractivity contribution in [2.24, 2.45) is 11.8 Å². The molecular formula is C16H20BrNOS. The number of carbonyl (C=O) groups is 1. The fraction of sp³-hybridized carbons (Fsp3) is 0.562. The lowest BCUT2D eigenvalue weighted by atomic mass is 9.95. The summed E-state index contributed by atoms with van der Waals surface area (Å²) in [6.45, 7) is 0. The lowest BCUT2D eigenvalue weighted by Crippen LogP contribution is -2.39. The Balaban J connectivity index is 1.39. The monoisotopic (exact) mass is 353 g/mol. The van der Waals surface area contributed by atoms with Crippen molar-refractivity contribution in [1.29, 1.82) is 0 Å². The van der Waals surface area contributed by atoms with Crippen LogP contribution in [0.4, 0.5) is 0 Å². The van der Waals surface area contributed by atoms with Gasteiger partial charge >= 0.3 is 0 Å². The maximum absolute atomic E-state index is 12.0. The van der Waals surface area contributed by atoms with Crippen LogP contribution >= 0.6 is 27.7 Å². The Labute approximate surface area is 133 Å². The van der Waals surface area contributed by atoms with Gasteiger partial charge in [-0.3, -0.25) is 4.79 Å². The first-order valence-corrected chi connectivity index (χ1v) is 9.27. The van der Waals surface area contributed by atoms with Gasteiger partial charge in [-0.25, -0.2) is 0 Å². The molecule has 1 N–H and O–H groups in total. The molecular weight excluding hydrogens is 334 g/mol. The molecule has 3 atom stereocenters. The molecule has 2 aliphatic rings. The van der Waals surface area contributed by atoms with Crippen molar-refractivity contribution in [1.82, 2.24) is 5.32 Å². The van der Waals surface area contributed by atoms with Crippen LogP contribution in [0.5, 0.6) is 0 Å². The van der Waals surface area contributed by atoms with Crippen LogP contribution in [0.3, 0.4) is 0 Å². The fourth-order valence-corrected chi connectivity index (χ4v) is 4.79. The molecule has 2 nitrogen and oxygen atoms in total. The molecule has 0 unspecified atom stereocenters. The normalized spacial score (nSPS) is 27.8. The first kappa shape index (κ1) is 14.5. The second-order valence-electron chi connectivity index (χ2n) is 5.97. The number of nitrogens with one attached hydrogen (secondary N) is 1. The Kier molecular flexibility index (Phi) is 4.72. The van der Waals surface area contributed by atoms with Crippen LogP contribution in [0, 0.1) is 11.8 Å². The van der Waals surface area contributed by atoms with E-state index >= 15 is 0 Å². The zero-order valence-electron chi connectivity index (χ0n) is 11.5. The van der Waals surface area contributed by atoms with Crippen molar-refractivity contribution < 1.29 is 4.79 Å². The summed E-state index contributed by atoms with van der Waals surface area (Å²) in [6.07, 6.45) is 5.26. The number of halogens is 1. The van der Waals surface area contributed by atoms with E-state index in [1.807, 2.05) is 12.1 Å². The molecule has 108 valence electrons. The van der Waals surface area contributed by atoms with Gasteiger partial charge in [-0.2, -0.15) is 0 Å². The standard InChI is InChI=1S/C16H20BrNOS/c17-14-3-1-2-12(7-14)9-20-10-16(19)18-15-8-11-4-5-13(15)6-11/h1-3,7,11,13,15H,4-6,8-10H2,(H,18,19)/t11-,13-,15+/m0/s1. The van der Waals surface area contributed by atoms with Gasteiger partial charge in [-0.05, 0) is 48.8 Å². The van der Waals surface area contributed by atoms with Gasteiger partial charge in [0, 0.05) is 16.3 Å². The van der Waals surface area contributed by atoms with Crippen molar-refractivity contribution in [3.05, 3.63) is 34.3 Å². The van der Waals surface area contributed by atoms with Crippen LogP contribution in [-0.4, -0.2) is 17.7 Å². The number of carbonyl (C=O) groups excluding carboxylic acids is 1. The Morgan fingerprint density at radius 3 is 2.95 bits per heavy atom. The molecule has 2 aliphatic carbocycles. The number of thioether (sulfide) groups is 1. The second kappa shape index (κ2) is 6.52. The number of rotatable bonds is 5. The highest BCUT2D eigenvalue weighted by atomic mass is 79.9. The fourth-order valence-electron chi connectivity index (χ4n) is 3.56. The lowest BCUT2D eigenvalue weighted by molar-refractivity contribution is -0.119. The van der Waals surface area contributed by atoms with E-state index in [1.54, 1.807) is 11.8 Å². The predicted molar refractivity (Wildman–Crippen MR) is 87.7 cm³/mol.